The van der Waals surface area contributed by atoms with Crippen molar-refractivity contribution in [2.45, 2.75) is 20.4 Å². The van der Waals surface area contributed by atoms with Crippen molar-refractivity contribution in [3.8, 4) is 11.5 Å². The molecule has 0 saturated heterocycles. The Labute approximate surface area is 169 Å². The summed E-state index contributed by atoms with van der Waals surface area (Å²) in [5.41, 5.74) is 3.77. The number of ether oxygens (including phenoxy) is 2. The van der Waals surface area contributed by atoms with Gasteiger partial charge < -0.3 is 14.8 Å². The van der Waals surface area contributed by atoms with Gasteiger partial charge in [-0.25, -0.2) is 0 Å². The molecule has 0 atom stereocenters. The first-order chi connectivity index (χ1) is 13.4. The van der Waals surface area contributed by atoms with E-state index in [1.54, 1.807) is 32.4 Å². The molecule has 3 rings (SSSR count). The number of hydrogen-bond acceptors (Lipinski definition) is 4. The maximum Gasteiger partial charge on any atom is 0.256 e. The second-order valence-corrected chi connectivity index (χ2v) is 6.83. The van der Waals surface area contributed by atoms with Crippen LogP contribution in [0.2, 0.25) is 5.02 Å². The number of nitrogens with zero attached hydrogens (tertiary/aromatic N) is 2. The van der Waals surface area contributed by atoms with Crippen molar-refractivity contribution in [3.63, 3.8) is 0 Å². The summed E-state index contributed by atoms with van der Waals surface area (Å²) in [6.45, 7) is 4.35. The van der Waals surface area contributed by atoms with E-state index in [0.717, 1.165) is 17.0 Å². The normalized spacial score (nSPS) is 10.6. The zero-order valence-electron chi connectivity index (χ0n) is 16.2. The number of carbonyl (C=O) groups excluding carboxylic acids is 1. The summed E-state index contributed by atoms with van der Waals surface area (Å²) in [4.78, 5) is 12.8. The van der Waals surface area contributed by atoms with E-state index in [1.165, 1.54) is 0 Å². The average molecular weight is 400 g/mol. The minimum Gasteiger partial charge on any atom is -0.497 e. The number of aryl methyl sites for hydroxylation is 1. The van der Waals surface area contributed by atoms with E-state index < -0.39 is 0 Å². The number of rotatable bonds is 6. The Morgan fingerprint density at radius 1 is 1.11 bits per heavy atom. The highest BCUT2D eigenvalue weighted by Crippen LogP contribution is 2.25. The maximum atomic E-state index is 12.8. The molecule has 1 amide bonds. The van der Waals surface area contributed by atoms with Crippen LogP contribution in [0.3, 0.4) is 0 Å². The van der Waals surface area contributed by atoms with E-state index in [2.05, 4.69) is 10.4 Å². The van der Waals surface area contributed by atoms with Crippen LogP contribution in [0.5, 0.6) is 11.5 Å². The molecular formula is C21H22ClN3O3. The minimum atomic E-state index is -0.259. The van der Waals surface area contributed by atoms with E-state index in [4.69, 9.17) is 21.1 Å². The Hall–Kier alpha value is -2.99. The third-order valence-corrected chi connectivity index (χ3v) is 4.69. The van der Waals surface area contributed by atoms with Crippen LogP contribution in [0.15, 0.2) is 42.5 Å². The van der Waals surface area contributed by atoms with Gasteiger partial charge in [0.2, 0.25) is 0 Å². The number of halogens is 1. The molecule has 0 aliphatic carbocycles. The Balaban J connectivity index is 1.85. The number of benzene rings is 2. The van der Waals surface area contributed by atoms with Crippen LogP contribution in [0.4, 0.5) is 5.69 Å². The van der Waals surface area contributed by atoms with E-state index in [0.29, 0.717) is 34.3 Å². The fourth-order valence-electron chi connectivity index (χ4n) is 2.96. The molecular weight excluding hydrogens is 378 g/mol. The van der Waals surface area contributed by atoms with Crippen LogP contribution in [-0.2, 0) is 6.54 Å². The Morgan fingerprint density at radius 2 is 1.79 bits per heavy atom. The summed E-state index contributed by atoms with van der Waals surface area (Å²) < 4.78 is 12.3. The first-order valence-electron chi connectivity index (χ1n) is 8.74. The van der Waals surface area contributed by atoms with E-state index in [1.807, 2.05) is 42.8 Å². The van der Waals surface area contributed by atoms with Gasteiger partial charge in [0, 0.05) is 16.7 Å². The summed E-state index contributed by atoms with van der Waals surface area (Å²) in [5.74, 6) is 0.842. The predicted octanol–water partition coefficient (Wildman–Crippen LogP) is 4.47. The molecule has 6 nitrogen and oxygen atoms in total. The topological polar surface area (TPSA) is 65.4 Å². The lowest BCUT2D eigenvalue weighted by Gasteiger charge is -2.10. The second kappa shape index (κ2) is 8.35. The van der Waals surface area contributed by atoms with Crippen molar-refractivity contribution >= 4 is 23.2 Å². The van der Waals surface area contributed by atoms with Crippen molar-refractivity contribution in [2.24, 2.45) is 0 Å². The third-order valence-electron chi connectivity index (χ3n) is 4.46. The fourth-order valence-corrected chi connectivity index (χ4v) is 3.18. The summed E-state index contributed by atoms with van der Waals surface area (Å²) >= 11 is 6.07. The highest BCUT2D eigenvalue weighted by molar-refractivity contribution is 6.30. The molecule has 1 aromatic heterocycles. The van der Waals surface area contributed by atoms with Gasteiger partial charge in [0.1, 0.15) is 11.5 Å². The zero-order chi connectivity index (χ0) is 20.3. The Bertz CT molecular complexity index is 992. The number of nitrogens with one attached hydrogen (secondary N) is 1. The number of aromatic nitrogens is 2. The molecule has 0 unspecified atom stereocenters. The van der Waals surface area contributed by atoms with Gasteiger partial charge in [-0.2, -0.15) is 5.10 Å². The molecule has 1 heterocycles. The number of amides is 1. The molecule has 0 bridgehead atoms. The van der Waals surface area contributed by atoms with Gasteiger partial charge in [-0.15, -0.1) is 0 Å². The van der Waals surface area contributed by atoms with Gasteiger partial charge in [0.15, 0.2) is 0 Å². The monoisotopic (exact) mass is 399 g/mol. The van der Waals surface area contributed by atoms with Crippen LogP contribution in [0.1, 0.15) is 27.3 Å². The molecule has 3 aromatic rings. The molecule has 0 fully saturated rings. The lowest BCUT2D eigenvalue weighted by Crippen LogP contribution is -2.13. The van der Waals surface area contributed by atoms with E-state index in [9.17, 15) is 4.79 Å². The summed E-state index contributed by atoms with van der Waals surface area (Å²) in [5, 5.41) is 8.19. The average Bonchev–Trinajstić information content (AvgIpc) is 2.94. The standard InChI is InChI=1S/C21H22ClN3O3/c1-13-20(14(2)25(24-13)12-15-6-5-7-17(22)8-15)23-21(26)16-9-18(27-3)11-19(10-16)28-4/h5-11H,12H2,1-4H3,(H,23,26). The number of hydrogen-bond donors (Lipinski definition) is 1. The molecule has 7 heteroatoms. The molecule has 2 aromatic carbocycles. The molecule has 28 heavy (non-hydrogen) atoms. The highest BCUT2D eigenvalue weighted by atomic mass is 35.5. The lowest BCUT2D eigenvalue weighted by molar-refractivity contribution is 0.102. The van der Waals surface area contributed by atoms with Gasteiger partial charge >= 0.3 is 0 Å². The van der Waals surface area contributed by atoms with Crippen LogP contribution in [0.25, 0.3) is 0 Å². The molecule has 0 spiro atoms. The summed E-state index contributed by atoms with van der Waals surface area (Å²) in [6, 6.07) is 12.7. The van der Waals surface area contributed by atoms with E-state index in [-0.39, 0.29) is 5.91 Å². The predicted molar refractivity (Wildman–Crippen MR) is 110 cm³/mol. The molecule has 0 aliphatic heterocycles. The minimum absolute atomic E-state index is 0.259. The molecule has 146 valence electrons. The number of methoxy groups -OCH3 is 2. The summed E-state index contributed by atoms with van der Waals surface area (Å²) in [6.07, 6.45) is 0. The Kier molecular flexibility index (Phi) is 5.90. The van der Waals surface area contributed by atoms with Crippen LogP contribution >= 0.6 is 11.6 Å². The molecule has 1 N–H and O–H groups in total. The van der Waals surface area contributed by atoms with Crippen molar-refractivity contribution in [1.82, 2.24) is 9.78 Å². The van der Waals surface area contributed by atoms with Crippen molar-refractivity contribution in [1.29, 1.82) is 0 Å². The maximum absolute atomic E-state index is 12.8. The quantitative estimate of drug-likeness (QED) is 0.664. The van der Waals surface area contributed by atoms with Crippen LogP contribution < -0.4 is 14.8 Å². The largest absolute Gasteiger partial charge is 0.497 e. The van der Waals surface area contributed by atoms with Crippen molar-refractivity contribution < 1.29 is 14.3 Å². The SMILES string of the molecule is COc1cc(OC)cc(C(=O)Nc2c(C)nn(Cc3cccc(Cl)c3)c2C)c1. The van der Waals surface area contributed by atoms with Gasteiger partial charge in [0.25, 0.3) is 5.91 Å². The molecule has 0 radical (unpaired) electrons. The highest BCUT2D eigenvalue weighted by Gasteiger charge is 2.17. The van der Waals surface area contributed by atoms with Crippen molar-refractivity contribution in [2.75, 3.05) is 19.5 Å². The van der Waals surface area contributed by atoms with Gasteiger partial charge in [-0.3, -0.25) is 9.48 Å². The van der Waals surface area contributed by atoms with Crippen LogP contribution in [-0.4, -0.2) is 29.9 Å². The van der Waals surface area contributed by atoms with E-state index >= 15 is 0 Å². The smallest absolute Gasteiger partial charge is 0.256 e. The molecule has 0 aliphatic rings. The summed E-state index contributed by atoms with van der Waals surface area (Å²) in [7, 11) is 3.09. The van der Waals surface area contributed by atoms with Crippen LogP contribution in [0, 0.1) is 13.8 Å². The van der Waals surface area contributed by atoms with Gasteiger partial charge in [-0.05, 0) is 43.7 Å². The van der Waals surface area contributed by atoms with Gasteiger partial charge in [-0.1, -0.05) is 23.7 Å². The zero-order valence-corrected chi connectivity index (χ0v) is 17.0. The number of carbonyl (C=O) groups is 1. The Morgan fingerprint density at radius 3 is 2.39 bits per heavy atom. The third kappa shape index (κ3) is 4.28. The van der Waals surface area contributed by atoms with Gasteiger partial charge in [0.05, 0.1) is 37.8 Å². The van der Waals surface area contributed by atoms with Crippen molar-refractivity contribution in [3.05, 3.63) is 70.0 Å². The first kappa shape index (κ1) is 19.8. The first-order valence-corrected chi connectivity index (χ1v) is 9.12. The molecule has 0 saturated carbocycles. The second-order valence-electron chi connectivity index (χ2n) is 6.39. The number of anilines is 1. The fraction of sp³-hybridized carbons (Fsp3) is 0.238. The lowest BCUT2D eigenvalue weighted by atomic mass is 10.1.